The highest BCUT2D eigenvalue weighted by Gasteiger charge is 2.23. The Balaban J connectivity index is 1.18. The van der Waals surface area contributed by atoms with Crippen LogP contribution < -0.4 is 15.0 Å². The summed E-state index contributed by atoms with van der Waals surface area (Å²) in [5.41, 5.74) is 3.38. The van der Waals surface area contributed by atoms with Crippen molar-refractivity contribution in [2.24, 2.45) is 0 Å². The fourth-order valence-electron chi connectivity index (χ4n) is 5.11. The number of para-hydroxylation sites is 2. The van der Waals surface area contributed by atoms with Crippen LogP contribution in [0.5, 0.6) is 5.75 Å². The molecule has 0 saturated heterocycles. The van der Waals surface area contributed by atoms with Gasteiger partial charge in [-0.2, -0.15) is 0 Å². The normalized spacial score (nSPS) is 11.3. The van der Waals surface area contributed by atoms with E-state index in [4.69, 9.17) is 9.47 Å². The number of rotatable bonds is 15. The molecule has 1 atom stereocenters. The van der Waals surface area contributed by atoms with Crippen molar-refractivity contribution < 1.29 is 23.9 Å². The number of benzene rings is 4. The second kappa shape index (κ2) is 16.2. The van der Waals surface area contributed by atoms with E-state index >= 15 is 0 Å². The zero-order valence-corrected chi connectivity index (χ0v) is 26.5. The lowest BCUT2D eigenvalue weighted by atomic mass is 10.00. The van der Waals surface area contributed by atoms with Crippen molar-refractivity contribution in [2.75, 3.05) is 30.5 Å². The number of carbonyl (C=O) groups excluding carboxylic acids is 3. The number of nitrogens with one attached hydrogen (secondary N) is 1. The van der Waals surface area contributed by atoms with E-state index in [1.54, 1.807) is 41.7 Å². The monoisotopic (exact) mass is 632 g/mol. The number of nitrogens with zero attached hydrogens (tertiary/aromatic N) is 1. The van der Waals surface area contributed by atoms with Crippen molar-refractivity contribution in [3.63, 3.8) is 0 Å². The number of carbonyl (C=O) groups is 3. The molecule has 0 bridgehead atoms. The van der Waals surface area contributed by atoms with Gasteiger partial charge in [0.15, 0.2) is 5.78 Å². The fourth-order valence-corrected chi connectivity index (χ4v) is 5.80. The molecule has 0 aliphatic heterocycles. The van der Waals surface area contributed by atoms with Crippen LogP contribution >= 0.6 is 11.3 Å². The van der Waals surface area contributed by atoms with Gasteiger partial charge in [0.25, 0.3) is 0 Å². The van der Waals surface area contributed by atoms with Crippen molar-refractivity contribution in [3.8, 4) is 5.75 Å². The Labute approximate surface area is 273 Å². The first-order chi connectivity index (χ1) is 22.5. The second-order valence-electron chi connectivity index (χ2n) is 10.6. The maximum Gasteiger partial charge on any atom is 0.328 e. The molecule has 0 aliphatic carbocycles. The van der Waals surface area contributed by atoms with Gasteiger partial charge in [-0.1, -0.05) is 78.9 Å². The maximum atomic E-state index is 13.2. The Bertz CT molecular complexity index is 1710. The second-order valence-corrected chi connectivity index (χ2v) is 11.7. The Morgan fingerprint density at radius 2 is 1.50 bits per heavy atom. The molecular weight excluding hydrogens is 596 g/mol. The van der Waals surface area contributed by atoms with Crippen molar-refractivity contribution in [2.45, 2.75) is 25.3 Å². The summed E-state index contributed by atoms with van der Waals surface area (Å²) in [7, 11) is 1.35. The van der Waals surface area contributed by atoms with Crippen LogP contribution in [0.3, 0.4) is 0 Å². The number of amides is 1. The molecule has 0 fully saturated rings. The number of hydrogen-bond acceptors (Lipinski definition) is 7. The number of hydrogen-bond donors (Lipinski definition) is 1. The topological polar surface area (TPSA) is 84.9 Å². The molecule has 1 N–H and O–H groups in total. The Kier molecular flexibility index (Phi) is 11.3. The summed E-state index contributed by atoms with van der Waals surface area (Å²) in [6.07, 6.45) is 1.37. The quantitative estimate of drug-likeness (QED) is 0.0746. The number of esters is 1. The van der Waals surface area contributed by atoms with Gasteiger partial charge < -0.3 is 19.7 Å². The predicted molar refractivity (Wildman–Crippen MR) is 183 cm³/mol. The van der Waals surface area contributed by atoms with Crippen molar-refractivity contribution in [1.29, 1.82) is 0 Å². The van der Waals surface area contributed by atoms with Crippen LogP contribution in [0.15, 0.2) is 127 Å². The minimum absolute atomic E-state index is 0.0545. The number of anilines is 2. The van der Waals surface area contributed by atoms with Crippen LogP contribution in [-0.2, 0) is 27.2 Å². The molecule has 1 heterocycles. The summed E-state index contributed by atoms with van der Waals surface area (Å²) in [5, 5.41) is 5.22. The minimum atomic E-state index is -0.711. The molecule has 0 saturated carbocycles. The molecule has 0 spiro atoms. The van der Waals surface area contributed by atoms with Gasteiger partial charge in [-0.3, -0.25) is 9.59 Å². The van der Waals surface area contributed by atoms with Crippen LogP contribution in [0, 0.1) is 0 Å². The predicted octanol–water partition coefficient (Wildman–Crippen LogP) is 7.22. The van der Waals surface area contributed by atoms with Gasteiger partial charge in [0.1, 0.15) is 11.8 Å². The average molecular weight is 633 g/mol. The van der Waals surface area contributed by atoms with Gasteiger partial charge in [-0.05, 0) is 59.8 Å². The molecule has 1 aromatic heterocycles. The highest BCUT2D eigenvalue weighted by Crippen LogP contribution is 2.23. The molecule has 7 nitrogen and oxygen atoms in total. The van der Waals surface area contributed by atoms with Crippen LogP contribution in [-0.4, -0.2) is 44.0 Å². The van der Waals surface area contributed by atoms with Crippen molar-refractivity contribution in [3.05, 3.63) is 148 Å². The fraction of sp³-hybridized carbons (Fsp3) is 0.184. The third-order valence-corrected chi connectivity index (χ3v) is 8.33. The van der Waals surface area contributed by atoms with Crippen LogP contribution in [0.2, 0.25) is 0 Å². The lowest BCUT2D eigenvalue weighted by Gasteiger charge is -2.23. The van der Waals surface area contributed by atoms with E-state index in [2.05, 4.69) is 5.32 Å². The molecule has 234 valence electrons. The average Bonchev–Trinajstić information content (AvgIpc) is 3.62. The Morgan fingerprint density at radius 1 is 0.804 bits per heavy atom. The molecule has 1 amide bonds. The maximum absolute atomic E-state index is 13.2. The molecule has 5 rings (SSSR count). The van der Waals surface area contributed by atoms with Crippen LogP contribution in [0.1, 0.15) is 32.8 Å². The summed E-state index contributed by atoms with van der Waals surface area (Å²) in [4.78, 5) is 42.0. The zero-order valence-electron chi connectivity index (χ0n) is 25.6. The minimum Gasteiger partial charge on any atom is -0.494 e. The van der Waals surface area contributed by atoms with Crippen LogP contribution in [0.4, 0.5) is 11.4 Å². The van der Waals surface area contributed by atoms with E-state index in [0.717, 1.165) is 16.1 Å². The molecule has 0 aliphatic rings. The van der Waals surface area contributed by atoms with Gasteiger partial charge in [-0.15, -0.1) is 11.3 Å². The number of ketones is 1. The largest absolute Gasteiger partial charge is 0.494 e. The summed E-state index contributed by atoms with van der Waals surface area (Å²) in [6.45, 7) is 0.973. The number of methoxy groups -OCH3 is 1. The third-order valence-electron chi connectivity index (χ3n) is 7.46. The van der Waals surface area contributed by atoms with Crippen molar-refractivity contribution >= 4 is 40.4 Å². The first-order valence-corrected chi connectivity index (χ1v) is 16.0. The van der Waals surface area contributed by atoms with Gasteiger partial charge in [0.2, 0.25) is 5.91 Å². The SMILES string of the molecule is COC(=O)[C@H](Cc1ccc(OCCCN(C(=O)Cc2cccs2)c2ccccc2)cc1)Nc1ccccc1C(=O)c1ccccc1. The summed E-state index contributed by atoms with van der Waals surface area (Å²) < 4.78 is 11.1. The molecule has 0 unspecified atom stereocenters. The summed E-state index contributed by atoms with van der Waals surface area (Å²) in [6, 6.07) is 36.7. The first-order valence-electron chi connectivity index (χ1n) is 15.1. The van der Waals surface area contributed by atoms with Gasteiger partial charge in [0.05, 0.1) is 20.1 Å². The van der Waals surface area contributed by atoms with Gasteiger partial charge >= 0.3 is 5.97 Å². The van der Waals surface area contributed by atoms with E-state index in [1.807, 2.05) is 101 Å². The lowest BCUT2D eigenvalue weighted by molar-refractivity contribution is -0.141. The van der Waals surface area contributed by atoms with Gasteiger partial charge in [-0.25, -0.2) is 4.79 Å². The van der Waals surface area contributed by atoms with Crippen LogP contribution in [0.25, 0.3) is 0 Å². The molecule has 5 aromatic rings. The molecular formula is C38H36N2O5S. The molecule has 8 heteroatoms. The van der Waals surface area contributed by atoms with E-state index in [0.29, 0.717) is 55.0 Å². The summed E-state index contributed by atoms with van der Waals surface area (Å²) in [5.74, 6) is 0.187. The standard InChI is InChI=1S/C38H36N2O5S/c1-44-38(43)35(39-34-18-9-8-17-33(34)37(42)29-12-4-2-5-13-29)26-28-19-21-31(22-20-28)45-24-11-23-40(30-14-6-3-7-15-30)36(41)27-32-16-10-25-46-32/h2-10,12-22,25,35,39H,11,23-24,26-27H2,1H3/t35-/m0/s1. The molecule has 46 heavy (non-hydrogen) atoms. The van der Waals surface area contributed by atoms with Gasteiger partial charge in [0, 0.05) is 40.3 Å². The summed E-state index contributed by atoms with van der Waals surface area (Å²) >= 11 is 1.58. The van der Waals surface area contributed by atoms with E-state index in [1.165, 1.54) is 7.11 Å². The number of ether oxygens (including phenoxy) is 2. The first kappa shape index (κ1) is 32.2. The molecule has 4 aromatic carbocycles. The Morgan fingerprint density at radius 3 is 2.20 bits per heavy atom. The number of thiophene rings is 1. The highest BCUT2D eigenvalue weighted by molar-refractivity contribution is 7.10. The lowest BCUT2D eigenvalue weighted by Crippen LogP contribution is -2.33. The third kappa shape index (κ3) is 8.70. The molecule has 0 radical (unpaired) electrons. The van der Waals surface area contributed by atoms with E-state index in [-0.39, 0.29) is 11.7 Å². The smallest absolute Gasteiger partial charge is 0.328 e. The van der Waals surface area contributed by atoms with E-state index < -0.39 is 12.0 Å². The Hall–Kier alpha value is -5.21. The van der Waals surface area contributed by atoms with Crippen molar-refractivity contribution in [1.82, 2.24) is 0 Å². The van der Waals surface area contributed by atoms with E-state index in [9.17, 15) is 14.4 Å². The zero-order chi connectivity index (χ0) is 32.1. The highest BCUT2D eigenvalue weighted by atomic mass is 32.1.